The van der Waals surface area contributed by atoms with Crippen LogP contribution in [0.5, 0.6) is 5.75 Å². The van der Waals surface area contributed by atoms with Crippen molar-refractivity contribution in [3.8, 4) is 5.75 Å². The molecule has 0 aliphatic rings. The number of aryl methyl sites for hydroxylation is 1. The van der Waals surface area contributed by atoms with Gasteiger partial charge in [0.15, 0.2) is 0 Å². The molecule has 0 aliphatic carbocycles. The molecule has 0 amide bonds. The monoisotopic (exact) mass is 427 g/mol. The predicted molar refractivity (Wildman–Crippen MR) is 109 cm³/mol. The van der Waals surface area contributed by atoms with Crippen molar-refractivity contribution < 1.29 is 24.0 Å². The number of aromatic nitrogens is 2. The summed E-state index contributed by atoms with van der Waals surface area (Å²) >= 11 is 0.857. The van der Waals surface area contributed by atoms with Crippen molar-refractivity contribution in [1.82, 2.24) is 10.2 Å². The topological polar surface area (TPSA) is 129 Å². The first-order valence-corrected chi connectivity index (χ1v) is 9.68. The lowest BCUT2D eigenvalue weighted by Gasteiger charge is -2.10. The first-order chi connectivity index (χ1) is 14.5. The van der Waals surface area contributed by atoms with E-state index in [0.29, 0.717) is 23.6 Å². The number of nitro benzene ring substituents is 1. The lowest BCUT2D eigenvalue weighted by atomic mass is 10.2. The summed E-state index contributed by atoms with van der Waals surface area (Å²) in [5, 5.41) is 28.1. The normalized spacial score (nSPS) is 11.3. The van der Waals surface area contributed by atoms with Crippen LogP contribution in [0.4, 0.5) is 5.69 Å². The van der Waals surface area contributed by atoms with E-state index in [4.69, 9.17) is 9.15 Å². The summed E-state index contributed by atoms with van der Waals surface area (Å²) in [6.07, 6.45) is 2.02. The molecule has 0 radical (unpaired) electrons. The van der Waals surface area contributed by atoms with Crippen LogP contribution in [-0.2, 0) is 17.8 Å². The summed E-state index contributed by atoms with van der Waals surface area (Å²) in [5.74, 6) is -0.245. The molecule has 1 heterocycles. The molecule has 0 bridgehead atoms. The van der Waals surface area contributed by atoms with Crippen LogP contribution < -0.4 is 4.74 Å². The number of non-ortho nitro benzene ring substituents is 1. The number of benzene rings is 2. The summed E-state index contributed by atoms with van der Waals surface area (Å²) in [7, 11) is 0. The molecule has 0 fully saturated rings. The van der Waals surface area contributed by atoms with Gasteiger partial charge in [-0.05, 0) is 41.6 Å². The summed E-state index contributed by atoms with van der Waals surface area (Å²) in [4.78, 5) is 22.0. The molecule has 1 aromatic heterocycles. The zero-order valence-electron chi connectivity index (χ0n) is 15.8. The Kier molecular flexibility index (Phi) is 6.81. The van der Waals surface area contributed by atoms with Gasteiger partial charge >= 0.3 is 5.97 Å². The highest BCUT2D eigenvalue weighted by atomic mass is 32.2. The minimum atomic E-state index is -1.14. The van der Waals surface area contributed by atoms with Gasteiger partial charge in [0, 0.05) is 24.1 Å². The summed E-state index contributed by atoms with van der Waals surface area (Å²) in [5.41, 5.74) is 1.29. The Hall–Kier alpha value is -3.66. The van der Waals surface area contributed by atoms with E-state index in [1.807, 2.05) is 6.92 Å². The fourth-order valence-corrected chi connectivity index (χ4v) is 3.08. The number of nitro groups is 1. The minimum Gasteiger partial charge on any atom is -0.488 e. The minimum absolute atomic E-state index is 0.00235. The maximum absolute atomic E-state index is 11.7. The largest absolute Gasteiger partial charge is 0.488 e. The van der Waals surface area contributed by atoms with Gasteiger partial charge in [-0.15, -0.1) is 10.2 Å². The second-order valence-electron chi connectivity index (χ2n) is 5.98. The lowest BCUT2D eigenvalue weighted by Crippen LogP contribution is -2.00. The van der Waals surface area contributed by atoms with Gasteiger partial charge in [0.1, 0.15) is 17.3 Å². The number of rotatable bonds is 9. The van der Waals surface area contributed by atoms with Gasteiger partial charge in [-0.1, -0.05) is 25.1 Å². The molecule has 0 saturated carbocycles. The zero-order valence-corrected chi connectivity index (χ0v) is 16.7. The fraction of sp³-hybridized carbons (Fsp3) is 0.150. The summed E-state index contributed by atoms with van der Waals surface area (Å²) in [6, 6.07) is 13.0. The van der Waals surface area contributed by atoms with Crippen LogP contribution in [0.3, 0.4) is 0 Å². The van der Waals surface area contributed by atoms with Crippen LogP contribution in [0.2, 0.25) is 0 Å². The van der Waals surface area contributed by atoms with Crippen molar-refractivity contribution in [3.05, 3.63) is 80.6 Å². The molecule has 1 N–H and O–H groups in total. The number of hydrogen-bond acceptors (Lipinski definition) is 8. The van der Waals surface area contributed by atoms with E-state index >= 15 is 0 Å². The molecule has 10 heteroatoms. The molecule has 9 nitrogen and oxygen atoms in total. The smallest absolute Gasteiger partial charge is 0.342 e. The average molecular weight is 427 g/mol. The van der Waals surface area contributed by atoms with Gasteiger partial charge in [0.25, 0.3) is 10.9 Å². The highest BCUT2D eigenvalue weighted by Crippen LogP contribution is 2.30. The van der Waals surface area contributed by atoms with Crippen LogP contribution in [0.25, 0.3) is 6.08 Å². The van der Waals surface area contributed by atoms with Crippen LogP contribution in [-0.4, -0.2) is 26.2 Å². The van der Waals surface area contributed by atoms with Crippen molar-refractivity contribution in [2.45, 2.75) is 25.2 Å². The third-order valence-corrected chi connectivity index (χ3v) is 4.76. The standard InChI is InChI=1S/C20H17N3O6S/c1-2-18-21-22-20(29-18)30-17(19(24)25)11-14-5-3-4-6-16(14)28-12-13-7-9-15(10-8-13)23(26)27/h3-11H,2,12H2,1H3,(H,24,25)/b17-11-. The molecule has 0 spiro atoms. The van der Waals surface area contributed by atoms with E-state index < -0.39 is 10.9 Å². The number of ether oxygens (including phenoxy) is 1. The number of carboxylic acids is 1. The van der Waals surface area contributed by atoms with Crippen LogP contribution in [0, 0.1) is 10.1 Å². The maximum Gasteiger partial charge on any atom is 0.342 e. The molecule has 154 valence electrons. The van der Waals surface area contributed by atoms with E-state index in [9.17, 15) is 20.0 Å². The Balaban J connectivity index is 1.78. The van der Waals surface area contributed by atoms with Crippen LogP contribution >= 0.6 is 11.8 Å². The second-order valence-corrected chi connectivity index (χ2v) is 6.97. The van der Waals surface area contributed by atoms with Gasteiger partial charge in [0.05, 0.1) is 4.92 Å². The van der Waals surface area contributed by atoms with Crippen molar-refractivity contribution in [2.75, 3.05) is 0 Å². The number of nitrogens with zero attached hydrogens (tertiary/aromatic N) is 3. The molecule has 3 aromatic rings. The van der Waals surface area contributed by atoms with Crippen molar-refractivity contribution in [3.63, 3.8) is 0 Å². The third kappa shape index (κ3) is 5.45. The Bertz CT molecular complexity index is 1080. The van der Waals surface area contributed by atoms with Crippen molar-refractivity contribution in [1.29, 1.82) is 0 Å². The Morgan fingerprint density at radius 3 is 2.60 bits per heavy atom. The zero-order chi connectivity index (χ0) is 21.5. The molecule has 3 rings (SSSR count). The molecule has 0 unspecified atom stereocenters. The molecule has 0 aliphatic heterocycles. The Morgan fingerprint density at radius 1 is 1.23 bits per heavy atom. The quantitative estimate of drug-likeness (QED) is 0.229. The van der Waals surface area contributed by atoms with Gasteiger partial charge in [0.2, 0.25) is 5.89 Å². The number of thioether (sulfide) groups is 1. The molecule has 0 atom stereocenters. The number of carbonyl (C=O) groups is 1. The molecule has 30 heavy (non-hydrogen) atoms. The van der Waals surface area contributed by atoms with E-state index in [0.717, 1.165) is 17.3 Å². The first-order valence-electron chi connectivity index (χ1n) is 8.86. The average Bonchev–Trinajstić information content (AvgIpc) is 3.20. The van der Waals surface area contributed by atoms with Gasteiger partial charge in [-0.2, -0.15) is 0 Å². The first kappa shape index (κ1) is 21.1. The van der Waals surface area contributed by atoms with E-state index in [1.165, 1.54) is 18.2 Å². The number of hydrogen-bond donors (Lipinski definition) is 1. The van der Waals surface area contributed by atoms with Gasteiger partial charge in [-0.3, -0.25) is 10.1 Å². The molecular weight excluding hydrogens is 410 g/mol. The predicted octanol–water partition coefficient (Wildman–Crippen LogP) is 4.34. The molecular formula is C20H17N3O6S. The fourth-order valence-electron chi connectivity index (χ4n) is 2.40. The lowest BCUT2D eigenvalue weighted by molar-refractivity contribution is -0.384. The third-order valence-electron chi connectivity index (χ3n) is 3.91. The molecule has 2 aromatic carbocycles. The Labute approximate surface area is 175 Å². The van der Waals surface area contributed by atoms with Crippen molar-refractivity contribution in [2.24, 2.45) is 0 Å². The van der Waals surface area contributed by atoms with E-state index in [2.05, 4.69) is 10.2 Å². The number of para-hydroxylation sites is 1. The maximum atomic E-state index is 11.7. The van der Waals surface area contributed by atoms with Crippen LogP contribution in [0.1, 0.15) is 23.9 Å². The van der Waals surface area contributed by atoms with Gasteiger partial charge < -0.3 is 14.3 Å². The molecule has 0 saturated heterocycles. The highest BCUT2D eigenvalue weighted by Gasteiger charge is 2.16. The van der Waals surface area contributed by atoms with E-state index in [-0.39, 0.29) is 22.4 Å². The second kappa shape index (κ2) is 9.70. The highest BCUT2D eigenvalue weighted by molar-refractivity contribution is 8.03. The number of aliphatic carboxylic acids is 1. The number of carboxylic acid groups (broad SMARTS) is 1. The van der Waals surface area contributed by atoms with Crippen molar-refractivity contribution >= 4 is 29.5 Å². The van der Waals surface area contributed by atoms with Crippen LogP contribution in [0.15, 0.2) is 63.1 Å². The summed E-state index contributed by atoms with van der Waals surface area (Å²) in [6.45, 7) is 2.02. The SMILES string of the molecule is CCc1nnc(S/C(=C\c2ccccc2OCc2ccc([N+](=O)[O-])cc2)C(=O)O)o1. The summed E-state index contributed by atoms with van der Waals surface area (Å²) < 4.78 is 11.2. The van der Waals surface area contributed by atoms with E-state index in [1.54, 1.807) is 36.4 Å². The Morgan fingerprint density at radius 2 is 1.97 bits per heavy atom. The van der Waals surface area contributed by atoms with Gasteiger partial charge in [-0.25, -0.2) is 4.79 Å².